The minimum absolute atomic E-state index is 0.126. The number of nitrogens with zero attached hydrogens (tertiary/aromatic N) is 4. The molecular weight excluding hydrogens is 457 g/mol. The number of fused-ring (bicyclic) bond motifs is 3. The Bertz CT molecular complexity index is 1250. The molecule has 6 rings (SSSR count). The van der Waals surface area contributed by atoms with Gasteiger partial charge in [0, 0.05) is 36.8 Å². The molecule has 5 heterocycles. The van der Waals surface area contributed by atoms with Crippen molar-refractivity contribution in [2.24, 2.45) is 5.92 Å². The molecule has 2 bridgehead atoms. The molecule has 3 aromatic heterocycles. The molecule has 1 aliphatic carbocycles. The zero-order valence-corrected chi connectivity index (χ0v) is 19.4. The smallest absolute Gasteiger partial charge is 0.417 e. The molecule has 0 spiro atoms. The van der Waals surface area contributed by atoms with Gasteiger partial charge < -0.3 is 9.64 Å². The van der Waals surface area contributed by atoms with Gasteiger partial charge in [0.1, 0.15) is 11.8 Å². The number of pyridine rings is 3. The fourth-order valence-corrected chi connectivity index (χ4v) is 5.09. The summed E-state index contributed by atoms with van der Waals surface area (Å²) in [6, 6.07) is 7.72. The van der Waals surface area contributed by atoms with Crippen LogP contribution in [0.1, 0.15) is 46.4 Å². The second kappa shape index (κ2) is 8.94. The molecule has 2 aliphatic heterocycles. The monoisotopic (exact) mass is 482 g/mol. The minimum atomic E-state index is -4.45. The van der Waals surface area contributed by atoms with E-state index in [1.54, 1.807) is 12.4 Å². The minimum Gasteiger partial charge on any atom is -0.472 e. The van der Waals surface area contributed by atoms with Gasteiger partial charge in [-0.05, 0) is 68.4 Å². The van der Waals surface area contributed by atoms with Crippen LogP contribution in [0.25, 0.3) is 11.3 Å². The van der Waals surface area contributed by atoms with E-state index in [0.717, 1.165) is 48.3 Å². The van der Waals surface area contributed by atoms with Gasteiger partial charge in [0.25, 0.3) is 5.91 Å². The lowest BCUT2D eigenvalue weighted by Crippen LogP contribution is -2.59. The van der Waals surface area contributed by atoms with Crippen molar-refractivity contribution >= 4 is 5.91 Å². The van der Waals surface area contributed by atoms with Crippen LogP contribution in [-0.4, -0.2) is 44.4 Å². The van der Waals surface area contributed by atoms with Gasteiger partial charge in [0.2, 0.25) is 5.88 Å². The summed E-state index contributed by atoms with van der Waals surface area (Å²) in [4.78, 5) is 28.5. The van der Waals surface area contributed by atoms with Gasteiger partial charge >= 0.3 is 6.18 Å². The Morgan fingerprint density at radius 1 is 1.09 bits per heavy atom. The highest BCUT2D eigenvalue weighted by Crippen LogP contribution is 2.39. The Hall–Kier alpha value is -3.49. The molecule has 35 heavy (non-hydrogen) atoms. The fraction of sp³-hybridized carbons (Fsp3) is 0.385. The van der Waals surface area contributed by atoms with Crippen molar-refractivity contribution in [3.05, 3.63) is 71.3 Å². The normalized spacial score (nSPS) is 21.7. The molecule has 2 saturated heterocycles. The van der Waals surface area contributed by atoms with E-state index in [0.29, 0.717) is 17.8 Å². The van der Waals surface area contributed by atoms with Gasteiger partial charge in [-0.25, -0.2) is 4.98 Å². The van der Waals surface area contributed by atoms with Crippen LogP contribution in [0.3, 0.4) is 0 Å². The summed E-state index contributed by atoms with van der Waals surface area (Å²) in [7, 11) is 0. The lowest BCUT2D eigenvalue weighted by Gasteiger charge is -2.49. The lowest BCUT2D eigenvalue weighted by atomic mass is 9.77. The van der Waals surface area contributed by atoms with E-state index in [1.165, 1.54) is 6.07 Å². The van der Waals surface area contributed by atoms with E-state index in [4.69, 9.17) is 4.74 Å². The SMILES string of the molecule is Cc1cnc(C(=O)N2CC3CC[C@H]2[C@H](Oc2ccc(C(F)(F)F)cn2)C3)c(-c2ncccc2C)c1. The molecule has 9 heteroatoms. The Balaban J connectivity index is 1.41. The first kappa shape index (κ1) is 23.3. The number of aromatic nitrogens is 3. The van der Waals surface area contributed by atoms with Gasteiger partial charge in [-0.1, -0.05) is 6.07 Å². The summed E-state index contributed by atoms with van der Waals surface area (Å²) in [5.41, 5.74) is 2.80. The highest BCUT2D eigenvalue weighted by Gasteiger charge is 2.45. The van der Waals surface area contributed by atoms with Gasteiger partial charge in [-0.2, -0.15) is 13.2 Å². The van der Waals surface area contributed by atoms with Gasteiger partial charge in [-0.3, -0.25) is 14.8 Å². The summed E-state index contributed by atoms with van der Waals surface area (Å²) in [5.74, 6) is 0.184. The maximum absolute atomic E-state index is 13.8. The third-order valence-corrected chi connectivity index (χ3v) is 6.81. The third-order valence-electron chi connectivity index (χ3n) is 6.81. The predicted molar refractivity (Wildman–Crippen MR) is 123 cm³/mol. The molecule has 1 saturated carbocycles. The Kier molecular flexibility index (Phi) is 5.94. The van der Waals surface area contributed by atoms with Crippen molar-refractivity contribution in [2.75, 3.05) is 6.54 Å². The van der Waals surface area contributed by atoms with E-state index in [9.17, 15) is 18.0 Å². The summed E-state index contributed by atoms with van der Waals surface area (Å²) in [5, 5.41) is 0. The van der Waals surface area contributed by atoms with Gasteiger partial charge in [0.15, 0.2) is 0 Å². The highest BCUT2D eigenvalue weighted by atomic mass is 19.4. The molecule has 3 aromatic rings. The maximum atomic E-state index is 13.8. The summed E-state index contributed by atoms with van der Waals surface area (Å²) in [6.07, 6.45) is 1.81. The maximum Gasteiger partial charge on any atom is 0.417 e. The number of halogens is 3. The number of ether oxygens (including phenoxy) is 1. The second-order valence-electron chi connectivity index (χ2n) is 9.32. The zero-order chi connectivity index (χ0) is 24.7. The first-order valence-corrected chi connectivity index (χ1v) is 11.6. The number of amides is 1. The van der Waals surface area contributed by atoms with Crippen LogP contribution in [0.5, 0.6) is 5.88 Å². The molecule has 3 aliphatic rings. The summed E-state index contributed by atoms with van der Waals surface area (Å²) < 4.78 is 44.6. The average molecular weight is 483 g/mol. The predicted octanol–water partition coefficient (Wildman–Crippen LogP) is 5.25. The van der Waals surface area contributed by atoms with Gasteiger partial charge in [0.05, 0.1) is 17.3 Å². The molecule has 182 valence electrons. The van der Waals surface area contributed by atoms with E-state index >= 15 is 0 Å². The van der Waals surface area contributed by atoms with Crippen LogP contribution < -0.4 is 4.74 Å². The van der Waals surface area contributed by atoms with Crippen molar-refractivity contribution in [1.29, 1.82) is 0 Å². The van der Waals surface area contributed by atoms with Crippen molar-refractivity contribution in [2.45, 2.75) is 51.4 Å². The largest absolute Gasteiger partial charge is 0.472 e. The van der Waals surface area contributed by atoms with Crippen molar-refractivity contribution in [1.82, 2.24) is 19.9 Å². The van der Waals surface area contributed by atoms with Crippen LogP contribution in [0.4, 0.5) is 13.2 Å². The number of piperidine rings is 2. The topological polar surface area (TPSA) is 68.2 Å². The quantitative estimate of drug-likeness (QED) is 0.508. The molecule has 1 amide bonds. The highest BCUT2D eigenvalue weighted by molar-refractivity contribution is 5.99. The van der Waals surface area contributed by atoms with E-state index in [-0.39, 0.29) is 29.9 Å². The van der Waals surface area contributed by atoms with E-state index in [1.807, 2.05) is 36.9 Å². The van der Waals surface area contributed by atoms with Crippen molar-refractivity contribution < 1.29 is 22.7 Å². The van der Waals surface area contributed by atoms with E-state index in [2.05, 4.69) is 15.0 Å². The van der Waals surface area contributed by atoms with Crippen LogP contribution in [0.2, 0.25) is 0 Å². The molecule has 1 unspecified atom stereocenters. The molecule has 6 nitrogen and oxygen atoms in total. The third kappa shape index (κ3) is 4.59. The van der Waals surface area contributed by atoms with E-state index < -0.39 is 11.7 Å². The first-order chi connectivity index (χ1) is 16.7. The van der Waals surface area contributed by atoms with Crippen LogP contribution in [0.15, 0.2) is 48.9 Å². The fourth-order valence-electron chi connectivity index (χ4n) is 5.09. The average Bonchev–Trinajstić information content (AvgIpc) is 2.84. The standard InChI is InChI=1S/C26H25F3N4O2/c1-15-10-19(23-16(2)4-3-9-30-23)24(32-12-15)25(34)33-14-17-5-7-20(33)21(11-17)35-22-8-6-18(13-31-22)26(27,28)29/h3-4,6,8-10,12-13,17,20-21H,5,7,11,14H2,1-2H3/t17?,20-,21+/m0/s1. The number of rotatable bonds is 4. The number of alkyl halides is 3. The van der Waals surface area contributed by atoms with Crippen LogP contribution in [-0.2, 0) is 6.18 Å². The zero-order valence-electron chi connectivity index (χ0n) is 19.4. The number of carbonyl (C=O) groups excluding carboxylic acids is 1. The van der Waals surface area contributed by atoms with Crippen LogP contribution in [0, 0.1) is 19.8 Å². The Morgan fingerprint density at radius 2 is 1.91 bits per heavy atom. The first-order valence-electron chi connectivity index (χ1n) is 11.6. The Labute approximate surface area is 201 Å². The molecular formula is C26H25F3N4O2. The number of carbonyl (C=O) groups is 1. The lowest BCUT2D eigenvalue weighted by molar-refractivity contribution is -0.137. The van der Waals surface area contributed by atoms with Crippen molar-refractivity contribution in [3.63, 3.8) is 0 Å². The molecule has 0 N–H and O–H groups in total. The van der Waals surface area contributed by atoms with Crippen molar-refractivity contribution in [3.8, 4) is 17.1 Å². The number of hydrogen-bond donors (Lipinski definition) is 0. The molecule has 3 atom stereocenters. The summed E-state index contributed by atoms with van der Waals surface area (Å²) in [6.45, 7) is 4.47. The van der Waals surface area contributed by atoms with Crippen LogP contribution >= 0.6 is 0 Å². The number of aryl methyl sites for hydroxylation is 2. The number of hydrogen-bond acceptors (Lipinski definition) is 5. The molecule has 3 fully saturated rings. The summed E-state index contributed by atoms with van der Waals surface area (Å²) >= 11 is 0. The molecule has 0 aromatic carbocycles. The molecule has 0 radical (unpaired) electrons. The Morgan fingerprint density at radius 3 is 2.60 bits per heavy atom. The van der Waals surface area contributed by atoms with Gasteiger partial charge in [-0.15, -0.1) is 0 Å². The second-order valence-corrected chi connectivity index (χ2v) is 9.32.